The molecule has 0 saturated carbocycles. The summed E-state index contributed by atoms with van der Waals surface area (Å²) in [6.07, 6.45) is 0. The van der Waals surface area contributed by atoms with Crippen molar-refractivity contribution in [2.45, 2.75) is 6.92 Å². The largest absolute Gasteiger partial charge is 0.207 e. The molecule has 0 aromatic heterocycles. The van der Waals surface area contributed by atoms with Gasteiger partial charge < -0.3 is 0 Å². The Bertz CT molecular complexity index is 2130. The quantitative estimate of drug-likeness (QED) is 0.168. The summed E-state index contributed by atoms with van der Waals surface area (Å²) in [5.74, 6) is -0.220. The zero-order valence-electron chi connectivity index (χ0n) is 20.9. The predicted octanol–water partition coefficient (Wildman–Crippen LogP) is 10.7. The second-order valence-electron chi connectivity index (χ2n) is 10.3. The summed E-state index contributed by atoms with van der Waals surface area (Å²) >= 11 is 0. The van der Waals surface area contributed by atoms with Crippen LogP contribution in [0.4, 0.5) is 4.39 Å². The van der Waals surface area contributed by atoms with Crippen molar-refractivity contribution in [1.82, 2.24) is 0 Å². The molecule has 0 amide bonds. The van der Waals surface area contributed by atoms with Gasteiger partial charge in [0.05, 0.1) is 0 Å². The van der Waals surface area contributed by atoms with Crippen molar-refractivity contribution in [2.24, 2.45) is 0 Å². The molecule has 0 aliphatic rings. The molecule has 0 aliphatic carbocycles. The maximum absolute atomic E-state index is 13.9. The minimum absolute atomic E-state index is 0.220. The highest BCUT2D eigenvalue weighted by atomic mass is 19.1. The third-order valence-corrected chi connectivity index (χ3v) is 8.22. The van der Waals surface area contributed by atoms with Crippen molar-refractivity contribution in [3.63, 3.8) is 0 Å². The number of hydrogen-bond donors (Lipinski definition) is 0. The van der Waals surface area contributed by atoms with Gasteiger partial charge in [-0.1, -0.05) is 109 Å². The van der Waals surface area contributed by atoms with Gasteiger partial charge in [-0.3, -0.25) is 0 Å². The summed E-state index contributed by atoms with van der Waals surface area (Å²) in [7, 11) is 0. The Morgan fingerprint density at radius 2 is 0.921 bits per heavy atom. The van der Waals surface area contributed by atoms with Crippen molar-refractivity contribution in [2.75, 3.05) is 0 Å². The molecule has 0 atom stereocenters. The molecule has 1 heteroatoms. The lowest BCUT2D eigenvalue weighted by atomic mass is 9.83. The second kappa shape index (κ2) is 7.87. The van der Waals surface area contributed by atoms with Gasteiger partial charge in [-0.05, 0) is 101 Å². The lowest BCUT2D eigenvalue weighted by Crippen LogP contribution is -1.93. The van der Waals surface area contributed by atoms with Crippen LogP contribution in [-0.4, -0.2) is 0 Å². The lowest BCUT2D eigenvalue weighted by Gasteiger charge is -2.20. The zero-order valence-corrected chi connectivity index (χ0v) is 20.9. The Morgan fingerprint density at radius 1 is 0.421 bits per heavy atom. The minimum atomic E-state index is -0.220. The van der Waals surface area contributed by atoms with Crippen LogP contribution in [-0.2, 0) is 0 Å². The Kier molecular flexibility index (Phi) is 4.42. The van der Waals surface area contributed by atoms with Gasteiger partial charge >= 0.3 is 0 Å². The molecule has 0 radical (unpaired) electrons. The molecule has 0 spiro atoms. The van der Waals surface area contributed by atoms with Crippen LogP contribution in [0.3, 0.4) is 0 Å². The van der Waals surface area contributed by atoms with Crippen LogP contribution in [0.15, 0.2) is 121 Å². The maximum atomic E-state index is 13.9. The molecule has 0 unspecified atom stereocenters. The summed E-state index contributed by atoms with van der Waals surface area (Å²) in [6.45, 7) is 2.20. The molecule has 8 aromatic carbocycles. The number of hydrogen-bond acceptors (Lipinski definition) is 0. The van der Waals surface area contributed by atoms with Crippen LogP contribution in [0.5, 0.6) is 0 Å². The van der Waals surface area contributed by atoms with E-state index in [1.54, 1.807) is 12.1 Å². The highest BCUT2D eigenvalue weighted by Gasteiger charge is 2.19. The third-order valence-electron chi connectivity index (χ3n) is 8.22. The number of rotatable bonds is 2. The van der Waals surface area contributed by atoms with E-state index in [1.165, 1.54) is 70.6 Å². The van der Waals surface area contributed by atoms with E-state index in [0.717, 1.165) is 11.1 Å². The minimum Gasteiger partial charge on any atom is -0.207 e. The number of aryl methyl sites for hydroxylation is 1. The topological polar surface area (TPSA) is 0 Å². The summed E-state index contributed by atoms with van der Waals surface area (Å²) in [6, 6.07) is 42.3. The van der Waals surface area contributed by atoms with E-state index < -0.39 is 0 Å². The van der Waals surface area contributed by atoms with Crippen LogP contribution in [0, 0.1) is 12.7 Å². The molecule has 0 heterocycles. The van der Waals surface area contributed by atoms with Crippen LogP contribution in [0.25, 0.3) is 76.1 Å². The first kappa shape index (κ1) is 21.3. The van der Waals surface area contributed by atoms with E-state index in [2.05, 4.69) is 104 Å². The first-order valence-electron chi connectivity index (χ1n) is 13.1. The van der Waals surface area contributed by atoms with Crippen molar-refractivity contribution in [3.8, 4) is 22.3 Å². The molecule has 0 nitrogen and oxygen atoms in total. The van der Waals surface area contributed by atoms with E-state index in [4.69, 9.17) is 0 Å². The van der Waals surface area contributed by atoms with Gasteiger partial charge in [0.25, 0.3) is 0 Å². The molecule has 0 aliphatic heterocycles. The van der Waals surface area contributed by atoms with Crippen molar-refractivity contribution < 1.29 is 4.39 Å². The molecule has 8 rings (SSSR count). The molecular weight excluding hydrogens is 463 g/mol. The van der Waals surface area contributed by atoms with E-state index in [0.29, 0.717) is 0 Å². The van der Waals surface area contributed by atoms with Crippen LogP contribution in [0.2, 0.25) is 0 Å². The lowest BCUT2D eigenvalue weighted by molar-refractivity contribution is 0.628. The Balaban J connectivity index is 1.56. The van der Waals surface area contributed by atoms with Crippen LogP contribution >= 0.6 is 0 Å². The van der Waals surface area contributed by atoms with Crippen molar-refractivity contribution >= 4 is 53.9 Å². The van der Waals surface area contributed by atoms with Crippen molar-refractivity contribution in [1.29, 1.82) is 0 Å². The molecule has 0 fully saturated rings. The van der Waals surface area contributed by atoms with Gasteiger partial charge in [0.2, 0.25) is 0 Å². The molecule has 0 N–H and O–H groups in total. The first-order chi connectivity index (χ1) is 18.7. The molecule has 0 bridgehead atoms. The monoisotopic (exact) mass is 486 g/mol. The standard InChI is InChI=1S/C37H23F/c1-22-10-11-24-15-20-32-33(21-16-25-14-19-27(22)35(24)36(25)32)37-30-8-4-2-6-28(30)34(23-12-17-26(38)18-13-23)29-7-3-5-9-31(29)37/h2-21H,1H3. The van der Waals surface area contributed by atoms with Gasteiger partial charge in [-0.25, -0.2) is 4.39 Å². The summed E-state index contributed by atoms with van der Waals surface area (Å²) in [5, 5.41) is 12.6. The van der Waals surface area contributed by atoms with E-state index in [-0.39, 0.29) is 5.82 Å². The fourth-order valence-electron chi connectivity index (χ4n) is 6.51. The number of fused-ring (bicyclic) bond motifs is 2. The van der Waals surface area contributed by atoms with Gasteiger partial charge in [0.15, 0.2) is 0 Å². The average Bonchev–Trinajstić information content (AvgIpc) is 2.96. The first-order valence-corrected chi connectivity index (χ1v) is 13.1. The third kappa shape index (κ3) is 2.90. The fraction of sp³-hybridized carbons (Fsp3) is 0.0270. The average molecular weight is 487 g/mol. The molecule has 8 aromatic rings. The summed E-state index contributed by atoms with van der Waals surface area (Å²) in [5.41, 5.74) is 5.96. The van der Waals surface area contributed by atoms with E-state index in [1.807, 2.05) is 12.1 Å². The van der Waals surface area contributed by atoms with Gasteiger partial charge in [0, 0.05) is 0 Å². The number of benzene rings is 8. The SMILES string of the molecule is Cc1ccc2ccc3c(-c4c5ccccc5c(-c5ccc(F)cc5)c5ccccc45)ccc4ccc1c2c43. The Labute approximate surface area is 219 Å². The molecule has 0 saturated heterocycles. The Hall–Kier alpha value is -4.75. The second-order valence-corrected chi connectivity index (χ2v) is 10.3. The van der Waals surface area contributed by atoms with E-state index in [9.17, 15) is 4.39 Å². The molecule has 178 valence electrons. The number of halogens is 1. The molecular formula is C37H23F. The van der Waals surface area contributed by atoms with Gasteiger partial charge in [-0.15, -0.1) is 0 Å². The van der Waals surface area contributed by atoms with Crippen molar-refractivity contribution in [3.05, 3.63) is 133 Å². The summed E-state index contributed by atoms with van der Waals surface area (Å²) in [4.78, 5) is 0. The van der Waals surface area contributed by atoms with Gasteiger partial charge in [0.1, 0.15) is 5.82 Å². The predicted molar refractivity (Wildman–Crippen MR) is 161 cm³/mol. The zero-order chi connectivity index (χ0) is 25.4. The highest BCUT2D eigenvalue weighted by Crippen LogP contribution is 2.47. The summed E-state index contributed by atoms with van der Waals surface area (Å²) < 4.78 is 13.9. The maximum Gasteiger partial charge on any atom is 0.123 e. The smallest absolute Gasteiger partial charge is 0.123 e. The Morgan fingerprint density at radius 3 is 1.55 bits per heavy atom. The fourth-order valence-corrected chi connectivity index (χ4v) is 6.51. The normalized spacial score (nSPS) is 11.9. The van der Waals surface area contributed by atoms with Gasteiger partial charge in [-0.2, -0.15) is 0 Å². The van der Waals surface area contributed by atoms with Crippen LogP contribution in [0.1, 0.15) is 5.56 Å². The van der Waals surface area contributed by atoms with E-state index >= 15 is 0 Å². The van der Waals surface area contributed by atoms with Crippen LogP contribution < -0.4 is 0 Å². The molecule has 38 heavy (non-hydrogen) atoms. The highest BCUT2D eigenvalue weighted by molar-refractivity contribution is 6.29.